The van der Waals surface area contributed by atoms with E-state index in [0.29, 0.717) is 10.7 Å². The SMILES string of the molecule is Cc1ccnc(SC(C(=O)c2ccccc2)c2ccccc2)n1. The van der Waals surface area contributed by atoms with Crippen LogP contribution in [-0.4, -0.2) is 15.8 Å². The molecule has 0 aliphatic carbocycles. The van der Waals surface area contributed by atoms with Gasteiger partial charge in [-0.25, -0.2) is 9.97 Å². The van der Waals surface area contributed by atoms with Gasteiger partial charge in [-0.1, -0.05) is 72.4 Å². The van der Waals surface area contributed by atoms with E-state index in [4.69, 9.17) is 0 Å². The summed E-state index contributed by atoms with van der Waals surface area (Å²) in [7, 11) is 0. The van der Waals surface area contributed by atoms with Gasteiger partial charge >= 0.3 is 0 Å². The molecule has 0 N–H and O–H groups in total. The van der Waals surface area contributed by atoms with Crippen LogP contribution in [0.3, 0.4) is 0 Å². The van der Waals surface area contributed by atoms with E-state index in [0.717, 1.165) is 11.3 Å². The number of hydrogen-bond acceptors (Lipinski definition) is 4. The van der Waals surface area contributed by atoms with Crippen LogP contribution in [0, 0.1) is 6.92 Å². The Bertz CT molecular complexity index is 791. The Morgan fingerprint density at radius 2 is 1.61 bits per heavy atom. The van der Waals surface area contributed by atoms with Gasteiger partial charge in [-0.3, -0.25) is 4.79 Å². The van der Waals surface area contributed by atoms with Gasteiger partial charge < -0.3 is 0 Å². The van der Waals surface area contributed by atoms with Crippen molar-refractivity contribution in [2.45, 2.75) is 17.3 Å². The first-order valence-electron chi connectivity index (χ1n) is 7.34. The molecule has 3 aromatic rings. The van der Waals surface area contributed by atoms with Gasteiger partial charge in [0.15, 0.2) is 10.9 Å². The van der Waals surface area contributed by atoms with Crippen molar-refractivity contribution in [3.05, 3.63) is 89.7 Å². The molecule has 4 heteroatoms. The number of Topliss-reactive ketones (excluding diaryl/α,β-unsaturated/α-hetero) is 1. The van der Waals surface area contributed by atoms with Crippen LogP contribution in [0.2, 0.25) is 0 Å². The summed E-state index contributed by atoms with van der Waals surface area (Å²) in [5.41, 5.74) is 2.54. The summed E-state index contributed by atoms with van der Waals surface area (Å²) in [4.78, 5) is 21.7. The van der Waals surface area contributed by atoms with Crippen molar-refractivity contribution < 1.29 is 4.79 Å². The Labute approximate surface area is 139 Å². The fourth-order valence-electron chi connectivity index (χ4n) is 2.24. The van der Waals surface area contributed by atoms with Crippen LogP contribution in [0.5, 0.6) is 0 Å². The fourth-order valence-corrected chi connectivity index (χ4v) is 3.31. The van der Waals surface area contributed by atoms with E-state index in [-0.39, 0.29) is 11.0 Å². The van der Waals surface area contributed by atoms with Crippen LogP contribution in [0.4, 0.5) is 0 Å². The molecule has 0 aliphatic rings. The highest BCUT2D eigenvalue weighted by Crippen LogP contribution is 2.36. The third kappa shape index (κ3) is 3.85. The average Bonchev–Trinajstić information content (AvgIpc) is 2.61. The molecule has 0 radical (unpaired) electrons. The zero-order chi connectivity index (χ0) is 16.1. The normalized spacial score (nSPS) is 11.9. The minimum Gasteiger partial charge on any atom is -0.293 e. The lowest BCUT2D eigenvalue weighted by Gasteiger charge is -2.15. The van der Waals surface area contributed by atoms with E-state index in [9.17, 15) is 4.79 Å². The molecule has 23 heavy (non-hydrogen) atoms. The number of carbonyl (C=O) groups is 1. The Morgan fingerprint density at radius 1 is 0.957 bits per heavy atom. The molecule has 0 saturated heterocycles. The van der Waals surface area contributed by atoms with Crippen LogP contribution in [0.1, 0.15) is 26.9 Å². The molecular formula is C19H16N2OS. The van der Waals surface area contributed by atoms with Crippen molar-refractivity contribution >= 4 is 17.5 Å². The third-order valence-corrected chi connectivity index (χ3v) is 4.52. The summed E-state index contributed by atoms with van der Waals surface area (Å²) < 4.78 is 0. The standard InChI is InChI=1S/C19H16N2OS/c1-14-12-13-20-19(21-14)23-18(16-10-6-3-7-11-16)17(22)15-8-4-2-5-9-15/h2-13,18H,1H3. The van der Waals surface area contributed by atoms with Crippen LogP contribution >= 0.6 is 11.8 Å². The molecule has 1 heterocycles. The average molecular weight is 320 g/mol. The van der Waals surface area contributed by atoms with Gasteiger partial charge in [0, 0.05) is 17.5 Å². The predicted octanol–water partition coefficient (Wildman–Crippen LogP) is 4.50. The van der Waals surface area contributed by atoms with Gasteiger partial charge in [0.1, 0.15) is 5.25 Å². The number of aryl methyl sites for hydroxylation is 1. The summed E-state index contributed by atoms with van der Waals surface area (Å²) in [6, 6.07) is 21.0. The molecule has 3 rings (SSSR count). The zero-order valence-corrected chi connectivity index (χ0v) is 13.5. The first-order chi connectivity index (χ1) is 11.2. The van der Waals surface area contributed by atoms with E-state index in [1.165, 1.54) is 11.8 Å². The molecule has 114 valence electrons. The summed E-state index contributed by atoms with van der Waals surface area (Å²) in [6.07, 6.45) is 1.72. The third-order valence-electron chi connectivity index (χ3n) is 3.39. The first kappa shape index (κ1) is 15.4. The molecule has 0 aliphatic heterocycles. The van der Waals surface area contributed by atoms with Crippen molar-refractivity contribution in [1.29, 1.82) is 0 Å². The number of benzene rings is 2. The van der Waals surface area contributed by atoms with Crippen LogP contribution in [0.25, 0.3) is 0 Å². The molecule has 1 atom stereocenters. The molecule has 3 nitrogen and oxygen atoms in total. The molecule has 0 amide bonds. The quantitative estimate of drug-likeness (QED) is 0.394. The highest BCUT2D eigenvalue weighted by atomic mass is 32.2. The monoisotopic (exact) mass is 320 g/mol. The molecular weight excluding hydrogens is 304 g/mol. The van der Waals surface area contributed by atoms with Crippen LogP contribution in [-0.2, 0) is 0 Å². The lowest BCUT2D eigenvalue weighted by molar-refractivity contribution is 0.0989. The Kier molecular flexibility index (Phi) is 4.83. The lowest BCUT2D eigenvalue weighted by atomic mass is 10.0. The van der Waals surface area contributed by atoms with Gasteiger partial charge in [-0.05, 0) is 18.6 Å². The molecule has 0 fully saturated rings. The van der Waals surface area contributed by atoms with Gasteiger partial charge in [-0.2, -0.15) is 0 Å². The number of carbonyl (C=O) groups excluding carboxylic acids is 1. The van der Waals surface area contributed by atoms with E-state index in [1.807, 2.05) is 73.7 Å². The molecule has 0 spiro atoms. The first-order valence-corrected chi connectivity index (χ1v) is 8.22. The minimum absolute atomic E-state index is 0.0620. The second-order valence-electron chi connectivity index (χ2n) is 5.12. The summed E-state index contributed by atoms with van der Waals surface area (Å²) >= 11 is 1.39. The maximum absolute atomic E-state index is 13.0. The van der Waals surface area contributed by atoms with Gasteiger partial charge in [0.05, 0.1) is 0 Å². The highest BCUT2D eigenvalue weighted by molar-refractivity contribution is 8.00. The minimum atomic E-state index is -0.361. The van der Waals surface area contributed by atoms with E-state index < -0.39 is 0 Å². The topological polar surface area (TPSA) is 42.9 Å². The van der Waals surface area contributed by atoms with Crippen molar-refractivity contribution in [2.75, 3.05) is 0 Å². The molecule has 0 bridgehead atoms. The lowest BCUT2D eigenvalue weighted by Crippen LogP contribution is -2.10. The van der Waals surface area contributed by atoms with Gasteiger partial charge in [0.25, 0.3) is 0 Å². The van der Waals surface area contributed by atoms with Crippen LogP contribution < -0.4 is 0 Å². The van der Waals surface area contributed by atoms with Crippen molar-refractivity contribution in [2.24, 2.45) is 0 Å². The number of thioether (sulfide) groups is 1. The number of hydrogen-bond donors (Lipinski definition) is 0. The Morgan fingerprint density at radius 3 is 2.26 bits per heavy atom. The second kappa shape index (κ2) is 7.20. The number of nitrogens with zero attached hydrogens (tertiary/aromatic N) is 2. The molecule has 1 aromatic heterocycles. The van der Waals surface area contributed by atoms with Crippen LogP contribution in [0.15, 0.2) is 78.1 Å². The Balaban J connectivity index is 1.96. The Hall–Kier alpha value is -2.46. The summed E-state index contributed by atoms with van der Waals surface area (Å²) in [5, 5.41) is 0.253. The number of rotatable bonds is 5. The van der Waals surface area contributed by atoms with Crippen molar-refractivity contribution in [3.8, 4) is 0 Å². The fraction of sp³-hybridized carbons (Fsp3) is 0.105. The predicted molar refractivity (Wildman–Crippen MR) is 92.6 cm³/mol. The van der Waals surface area contributed by atoms with E-state index in [1.54, 1.807) is 6.20 Å². The summed E-state index contributed by atoms with van der Waals surface area (Å²) in [5.74, 6) is 0.0620. The van der Waals surface area contributed by atoms with Crippen molar-refractivity contribution in [1.82, 2.24) is 9.97 Å². The largest absolute Gasteiger partial charge is 0.293 e. The maximum Gasteiger partial charge on any atom is 0.188 e. The smallest absolute Gasteiger partial charge is 0.188 e. The maximum atomic E-state index is 13.0. The molecule has 1 unspecified atom stereocenters. The summed E-state index contributed by atoms with van der Waals surface area (Å²) in [6.45, 7) is 1.92. The molecule has 2 aromatic carbocycles. The van der Waals surface area contributed by atoms with E-state index >= 15 is 0 Å². The van der Waals surface area contributed by atoms with Gasteiger partial charge in [0.2, 0.25) is 0 Å². The number of ketones is 1. The second-order valence-corrected chi connectivity index (χ2v) is 6.19. The van der Waals surface area contributed by atoms with Crippen molar-refractivity contribution in [3.63, 3.8) is 0 Å². The number of aromatic nitrogens is 2. The zero-order valence-electron chi connectivity index (χ0n) is 12.7. The highest BCUT2D eigenvalue weighted by Gasteiger charge is 2.24. The van der Waals surface area contributed by atoms with Gasteiger partial charge in [-0.15, -0.1) is 0 Å². The molecule has 0 saturated carbocycles. The van der Waals surface area contributed by atoms with E-state index in [2.05, 4.69) is 9.97 Å².